The molecular formula is C26H37ClO3S2. The maximum Gasteiger partial charge on any atom is 0.311 e. The number of carbonyl (C=O) groups excluding carboxylic acids is 1. The molecule has 0 aliphatic rings. The average molecular weight is 497 g/mol. The van der Waals surface area contributed by atoms with E-state index in [0.717, 1.165) is 53.5 Å². The number of fused-ring (bicyclic) bond motifs is 1. The van der Waals surface area contributed by atoms with Crippen molar-refractivity contribution >= 4 is 50.8 Å². The van der Waals surface area contributed by atoms with Crippen LogP contribution in [0.2, 0.25) is 5.02 Å². The van der Waals surface area contributed by atoms with E-state index in [2.05, 4.69) is 32.9 Å². The summed E-state index contributed by atoms with van der Waals surface area (Å²) >= 11 is 9.17. The van der Waals surface area contributed by atoms with Crippen LogP contribution < -0.4 is 4.74 Å². The molecule has 0 saturated carbocycles. The molecule has 1 aromatic heterocycles. The molecule has 0 amide bonds. The third kappa shape index (κ3) is 7.50. The Bertz CT molecular complexity index is 965. The molecule has 0 N–H and O–H groups in total. The van der Waals surface area contributed by atoms with Crippen molar-refractivity contribution in [3.05, 3.63) is 38.3 Å². The predicted octanol–water partition coefficient (Wildman–Crippen LogP) is 8.13. The minimum atomic E-state index is -0.431. The van der Waals surface area contributed by atoms with Crippen LogP contribution in [-0.2, 0) is 9.53 Å². The lowest BCUT2D eigenvalue weighted by Gasteiger charge is -2.30. The summed E-state index contributed by atoms with van der Waals surface area (Å²) in [5, 5.41) is 1.40. The smallest absolute Gasteiger partial charge is 0.311 e. The summed E-state index contributed by atoms with van der Waals surface area (Å²) in [6.07, 6.45) is 5.25. The molecule has 0 bridgehead atoms. The summed E-state index contributed by atoms with van der Waals surface area (Å²) in [4.78, 5) is 25.6. The summed E-state index contributed by atoms with van der Waals surface area (Å²) in [6, 6.07) is 6.24. The highest BCUT2D eigenvalue weighted by Crippen LogP contribution is 2.33. The van der Waals surface area contributed by atoms with Crippen molar-refractivity contribution in [1.29, 1.82) is 0 Å². The molecule has 0 radical (unpaired) electrons. The molecule has 3 nitrogen and oxygen atoms in total. The standard InChI is InChI=1S/C26H37ClO3S2/c1-17(2)15-18(3)26(5,6)25(29)30-13-9-7-8-10-14-31-20-11-12-22-21(16-20)19(4)23(27)24(28)32-22/h11-12,16-18H,7-10,13-15H2,1-6H3. The SMILES string of the molecule is Cc1c(Cl)c(=O)sc2ccc(SCCCCCCOC(=O)C(C)(C)C(C)CC(C)C)cc12. The van der Waals surface area contributed by atoms with Crippen LogP contribution in [0.5, 0.6) is 0 Å². The maximum absolute atomic E-state index is 12.5. The zero-order valence-electron chi connectivity index (χ0n) is 20.3. The lowest BCUT2D eigenvalue weighted by atomic mass is 9.76. The average Bonchev–Trinajstić information content (AvgIpc) is 2.73. The molecule has 1 atom stereocenters. The van der Waals surface area contributed by atoms with E-state index < -0.39 is 5.41 Å². The lowest BCUT2D eigenvalue weighted by molar-refractivity contribution is -0.157. The summed E-state index contributed by atoms with van der Waals surface area (Å²) in [6.45, 7) is 13.0. The number of rotatable bonds is 12. The van der Waals surface area contributed by atoms with Gasteiger partial charge in [0.2, 0.25) is 0 Å². The molecule has 0 saturated heterocycles. The fraction of sp³-hybridized carbons (Fsp3) is 0.615. The molecule has 1 unspecified atom stereocenters. The summed E-state index contributed by atoms with van der Waals surface area (Å²) in [7, 11) is 0. The van der Waals surface area contributed by atoms with Gasteiger partial charge in [-0.1, -0.05) is 56.6 Å². The van der Waals surface area contributed by atoms with Crippen LogP contribution in [0.4, 0.5) is 0 Å². The molecule has 178 valence electrons. The highest BCUT2D eigenvalue weighted by atomic mass is 35.5. The highest BCUT2D eigenvalue weighted by molar-refractivity contribution is 7.99. The van der Waals surface area contributed by atoms with E-state index in [1.54, 1.807) is 0 Å². The van der Waals surface area contributed by atoms with Crippen LogP contribution in [0.3, 0.4) is 0 Å². The van der Waals surface area contributed by atoms with Gasteiger partial charge in [0.05, 0.1) is 12.0 Å². The zero-order valence-corrected chi connectivity index (χ0v) is 22.6. The second kappa shape index (κ2) is 12.4. The van der Waals surface area contributed by atoms with Gasteiger partial charge in [0.15, 0.2) is 0 Å². The lowest BCUT2D eigenvalue weighted by Crippen LogP contribution is -2.34. The Kier molecular flexibility index (Phi) is 10.6. The van der Waals surface area contributed by atoms with Gasteiger partial charge in [-0.3, -0.25) is 9.59 Å². The summed E-state index contributed by atoms with van der Waals surface area (Å²) in [5.74, 6) is 1.86. The Labute approximate surface area is 206 Å². The first-order valence-corrected chi connectivity index (χ1v) is 13.7. The van der Waals surface area contributed by atoms with Crippen molar-refractivity contribution in [2.45, 2.75) is 78.5 Å². The van der Waals surface area contributed by atoms with Crippen LogP contribution in [0.25, 0.3) is 10.1 Å². The van der Waals surface area contributed by atoms with Crippen LogP contribution in [-0.4, -0.2) is 18.3 Å². The van der Waals surface area contributed by atoms with Gasteiger partial charge >= 0.3 is 5.97 Å². The number of halogens is 1. The highest BCUT2D eigenvalue weighted by Gasteiger charge is 2.35. The third-order valence-electron chi connectivity index (χ3n) is 6.19. The van der Waals surface area contributed by atoms with Crippen molar-refractivity contribution in [1.82, 2.24) is 0 Å². The fourth-order valence-corrected chi connectivity index (χ4v) is 5.77. The van der Waals surface area contributed by atoms with Crippen LogP contribution in [0.15, 0.2) is 27.9 Å². The largest absolute Gasteiger partial charge is 0.465 e. The number of hydrogen-bond acceptors (Lipinski definition) is 5. The molecule has 2 rings (SSSR count). The van der Waals surface area contributed by atoms with E-state index in [4.69, 9.17) is 16.3 Å². The van der Waals surface area contributed by atoms with E-state index in [0.29, 0.717) is 23.5 Å². The molecule has 6 heteroatoms. The normalized spacial score (nSPS) is 13.0. The monoisotopic (exact) mass is 496 g/mol. The zero-order chi connectivity index (χ0) is 23.9. The van der Waals surface area contributed by atoms with Crippen molar-refractivity contribution in [3.63, 3.8) is 0 Å². The van der Waals surface area contributed by atoms with Gasteiger partial charge in [-0.2, -0.15) is 0 Å². The summed E-state index contributed by atoms with van der Waals surface area (Å²) in [5.41, 5.74) is 0.434. The number of ether oxygens (including phenoxy) is 1. The number of carbonyl (C=O) groups is 1. The minimum Gasteiger partial charge on any atom is -0.465 e. The van der Waals surface area contributed by atoms with Gasteiger partial charge in [0.1, 0.15) is 5.02 Å². The minimum absolute atomic E-state index is 0.0714. The fourth-order valence-electron chi connectivity index (χ4n) is 3.70. The topological polar surface area (TPSA) is 43.4 Å². The van der Waals surface area contributed by atoms with Crippen molar-refractivity contribution < 1.29 is 9.53 Å². The number of unbranched alkanes of at least 4 members (excludes halogenated alkanes) is 3. The van der Waals surface area contributed by atoms with E-state index in [9.17, 15) is 9.59 Å². The quantitative estimate of drug-likeness (QED) is 0.169. The summed E-state index contributed by atoms with van der Waals surface area (Å²) < 4.78 is 6.49. The third-order valence-corrected chi connectivity index (χ3v) is 8.80. The molecular weight excluding hydrogens is 460 g/mol. The van der Waals surface area contributed by atoms with Crippen molar-refractivity contribution in [3.8, 4) is 0 Å². The van der Waals surface area contributed by atoms with E-state index in [1.165, 1.54) is 16.2 Å². The first-order chi connectivity index (χ1) is 15.0. The second-order valence-corrected chi connectivity index (χ2v) is 12.2. The van der Waals surface area contributed by atoms with E-state index >= 15 is 0 Å². The van der Waals surface area contributed by atoms with Gasteiger partial charge in [0, 0.05) is 9.60 Å². The number of benzene rings is 1. The Morgan fingerprint density at radius 1 is 1.16 bits per heavy atom. The van der Waals surface area contributed by atoms with E-state index in [1.807, 2.05) is 38.6 Å². The predicted molar refractivity (Wildman–Crippen MR) is 140 cm³/mol. The number of hydrogen-bond donors (Lipinski definition) is 0. The van der Waals surface area contributed by atoms with Gasteiger partial charge in [-0.15, -0.1) is 11.8 Å². The van der Waals surface area contributed by atoms with E-state index in [-0.39, 0.29) is 10.7 Å². The molecule has 1 aromatic carbocycles. The molecule has 32 heavy (non-hydrogen) atoms. The van der Waals surface area contributed by atoms with Crippen molar-refractivity contribution in [2.75, 3.05) is 12.4 Å². The van der Waals surface area contributed by atoms with Gasteiger partial charge < -0.3 is 4.74 Å². The Hall–Kier alpha value is -1.04. The van der Waals surface area contributed by atoms with Gasteiger partial charge in [-0.25, -0.2) is 0 Å². The maximum atomic E-state index is 12.5. The first kappa shape index (κ1) is 27.2. The molecule has 0 aliphatic carbocycles. The Balaban J connectivity index is 1.67. The van der Waals surface area contributed by atoms with Gasteiger partial charge in [-0.05, 0) is 86.8 Å². The van der Waals surface area contributed by atoms with Crippen LogP contribution >= 0.6 is 34.7 Å². The Morgan fingerprint density at radius 2 is 1.84 bits per heavy atom. The molecule has 0 aliphatic heterocycles. The number of thioether (sulfide) groups is 1. The number of esters is 1. The molecule has 0 fully saturated rings. The molecule has 1 heterocycles. The van der Waals surface area contributed by atoms with Crippen molar-refractivity contribution in [2.24, 2.45) is 17.3 Å². The second-order valence-electron chi connectivity index (χ2n) is 9.64. The van der Waals surface area contributed by atoms with Crippen LogP contribution in [0, 0.1) is 24.2 Å². The number of aryl methyl sites for hydroxylation is 1. The first-order valence-electron chi connectivity index (χ1n) is 11.6. The Morgan fingerprint density at radius 3 is 2.53 bits per heavy atom. The van der Waals surface area contributed by atoms with Crippen LogP contribution in [0.1, 0.15) is 72.3 Å². The van der Waals surface area contributed by atoms with Gasteiger partial charge in [0.25, 0.3) is 4.74 Å². The molecule has 2 aromatic rings. The molecule has 0 spiro atoms.